The number of fused-ring (bicyclic) bond motifs is 1. The summed E-state index contributed by atoms with van der Waals surface area (Å²) in [5.74, 6) is 0. The first kappa shape index (κ1) is 13.5. The highest BCUT2D eigenvalue weighted by Gasteiger charge is 2.31. The quantitative estimate of drug-likeness (QED) is 0.891. The lowest BCUT2D eigenvalue weighted by Gasteiger charge is -2.34. The maximum absolute atomic E-state index is 6.24. The molecule has 2 unspecified atom stereocenters. The van der Waals surface area contributed by atoms with E-state index in [0.717, 1.165) is 19.4 Å². The van der Waals surface area contributed by atoms with Gasteiger partial charge in [-0.05, 0) is 37.8 Å². The molecule has 2 N–H and O–H groups in total. The number of methoxy groups -OCH3 is 1. The van der Waals surface area contributed by atoms with Crippen LogP contribution in [0.5, 0.6) is 0 Å². The molecular weight excluding hydrogens is 226 g/mol. The Morgan fingerprint density at radius 3 is 2.89 bits per heavy atom. The lowest BCUT2D eigenvalue weighted by molar-refractivity contribution is -0.0300. The monoisotopic (exact) mass is 249 g/mol. The van der Waals surface area contributed by atoms with Crippen LogP contribution in [0, 0.1) is 0 Å². The highest BCUT2D eigenvalue weighted by molar-refractivity contribution is 5.31. The maximum Gasteiger partial charge on any atom is 0.0843 e. The van der Waals surface area contributed by atoms with Gasteiger partial charge in [-0.25, -0.2) is 0 Å². The lowest BCUT2D eigenvalue weighted by atomic mass is 9.88. The number of rotatable bonds is 4. The van der Waals surface area contributed by atoms with Gasteiger partial charge in [0.2, 0.25) is 0 Å². The average molecular weight is 249 g/mol. The van der Waals surface area contributed by atoms with E-state index in [9.17, 15) is 0 Å². The minimum Gasteiger partial charge on any atom is -0.377 e. The van der Waals surface area contributed by atoms with Gasteiger partial charge in [0.15, 0.2) is 0 Å². The molecule has 0 radical (unpaired) electrons. The Hall–Kier alpha value is -0.900. The molecule has 1 aromatic carbocycles. The highest BCUT2D eigenvalue weighted by atomic mass is 16.5. The number of hydrogen-bond donors (Lipinski definition) is 1. The molecule has 100 valence electrons. The van der Waals surface area contributed by atoms with E-state index in [0.29, 0.717) is 0 Å². The van der Waals surface area contributed by atoms with Crippen LogP contribution in [0.25, 0.3) is 0 Å². The fraction of sp³-hybridized carbons (Fsp3) is 0.600. The summed E-state index contributed by atoms with van der Waals surface area (Å²) in [6, 6.07) is 8.43. The molecule has 0 bridgehead atoms. The molecule has 1 aromatic rings. The minimum atomic E-state index is -0.324. The molecule has 0 aliphatic carbocycles. The minimum absolute atomic E-state index is 0.0429. The molecular formula is C15H23NO2. The van der Waals surface area contributed by atoms with E-state index in [2.05, 4.69) is 24.3 Å². The van der Waals surface area contributed by atoms with E-state index in [-0.39, 0.29) is 17.7 Å². The van der Waals surface area contributed by atoms with Gasteiger partial charge in [-0.2, -0.15) is 0 Å². The van der Waals surface area contributed by atoms with Crippen LogP contribution >= 0.6 is 0 Å². The molecule has 0 saturated carbocycles. The molecule has 3 heteroatoms. The van der Waals surface area contributed by atoms with Crippen LogP contribution in [0.1, 0.15) is 37.5 Å². The van der Waals surface area contributed by atoms with E-state index in [1.807, 2.05) is 13.8 Å². The standard InChI is InChI=1S/C15H23NO2/c1-15(2,17-3)14(16)10-13-12-7-5-4-6-11(12)8-9-18-13/h4-7,13-14H,8-10,16H2,1-3H3. The van der Waals surface area contributed by atoms with Crippen LogP contribution in [-0.2, 0) is 15.9 Å². The van der Waals surface area contributed by atoms with Crippen LogP contribution in [0.4, 0.5) is 0 Å². The van der Waals surface area contributed by atoms with Crippen molar-refractivity contribution in [2.45, 2.75) is 44.4 Å². The van der Waals surface area contributed by atoms with Crippen molar-refractivity contribution < 1.29 is 9.47 Å². The largest absolute Gasteiger partial charge is 0.377 e. The van der Waals surface area contributed by atoms with Gasteiger partial charge in [0.1, 0.15) is 0 Å². The smallest absolute Gasteiger partial charge is 0.0843 e. The van der Waals surface area contributed by atoms with Gasteiger partial charge in [0, 0.05) is 13.2 Å². The van der Waals surface area contributed by atoms with Crippen molar-refractivity contribution in [1.29, 1.82) is 0 Å². The van der Waals surface area contributed by atoms with Gasteiger partial charge in [-0.15, -0.1) is 0 Å². The first-order chi connectivity index (χ1) is 8.54. The molecule has 0 aromatic heterocycles. The number of ether oxygens (including phenoxy) is 2. The zero-order valence-electron chi connectivity index (χ0n) is 11.5. The summed E-state index contributed by atoms with van der Waals surface area (Å²) in [5.41, 5.74) is 8.59. The number of nitrogens with two attached hydrogens (primary N) is 1. The Balaban J connectivity index is 2.12. The van der Waals surface area contributed by atoms with Gasteiger partial charge < -0.3 is 15.2 Å². The van der Waals surface area contributed by atoms with Crippen molar-refractivity contribution in [2.75, 3.05) is 13.7 Å². The molecule has 0 saturated heterocycles. The topological polar surface area (TPSA) is 44.5 Å². The van der Waals surface area contributed by atoms with E-state index < -0.39 is 0 Å². The molecule has 1 heterocycles. The first-order valence-electron chi connectivity index (χ1n) is 6.54. The van der Waals surface area contributed by atoms with Crippen molar-refractivity contribution in [2.24, 2.45) is 5.73 Å². The summed E-state index contributed by atoms with van der Waals surface area (Å²) >= 11 is 0. The van der Waals surface area contributed by atoms with Gasteiger partial charge >= 0.3 is 0 Å². The summed E-state index contributed by atoms with van der Waals surface area (Å²) in [4.78, 5) is 0. The Labute approximate surface area is 109 Å². The maximum atomic E-state index is 6.24. The lowest BCUT2D eigenvalue weighted by Crippen LogP contribution is -2.46. The third-order valence-electron chi connectivity index (χ3n) is 3.98. The fourth-order valence-electron chi connectivity index (χ4n) is 2.34. The van der Waals surface area contributed by atoms with E-state index in [4.69, 9.17) is 15.2 Å². The SMILES string of the molecule is COC(C)(C)C(N)CC1OCCc2ccccc21. The summed E-state index contributed by atoms with van der Waals surface area (Å²) in [7, 11) is 1.70. The Morgan fingerprint density at radius 2 is 2.17 bits per heavy atom. The molecule has 3 nitrogen and oxygen atoms in total. The van der Waals surface area contributed by atoms with Crippen molar-refractivity contribution in [3.05, 3.63) is 35.4 Å². The predicted molar refractivity (Wildman–Crippen MR) is 72.5 cm³/mol. The van der Waals surface area contributed by atoms with Crippen LogP contribution in [-0.4, -0.2) is 25.4 Å². The first-order valence-corrected chi connectivity index (χ1v) is 6.54. The normalized spacial score (nSPS) is 21.4. The molecule has 0 fully saturated rings. The Kier molecular flexibility index (Phi) is 4.05. The van der Waals surface area contributed by atoms with Crippen LogP contribution < -0.4 is 5.73 Å². The molecule has 0 amide bonds. The van der Waals surface area contributed by atoms with Gasteiger partial charge in [-0.1, -0.05) is 24.3 Å². The van der Waals surface area contributed by atoms with Crippen LogP contribution in [0.3, 0.4) is 0 Å². The van der Waals surface area contributed by atoms with Crippen LogP contribution in [0.2, 0.25) is 0 Å². The van der Waals surface area contributed by atoms with Gasteiger partial charge in [-0.3, -0.25) is 0 Å². The summed E-state index contributed by atoms with van der Waals surface area (Å²) < 4.78 is 11.3. The molecule has 1 aliphatic rings. The van der Waals surface area contributed by atoms with E-state index in [1.165, 1.54) is 11.1 Å². The summed E-state index contributed by atoms with van der Waals surface area (Å²) in [6.45, 7) is 4.82. The second kappa shape index (κ2) is 5.39. The molecule has 1 aliphatic heterocycles. The van der Waals surface area contributed by atoms with E-state index >= 15 is 0 Å². The van der Waals surface area contributed by atoms with Crippen molar-refractivity contribution >= 4 is 0 Å². The second-order valence-electron chi connectivity index (χ2n) is 5.46. The number of hydrogen-bond acceptors (Lipinski definition) is 3. The Morgan fingerprint density at radius 1 is 1.44 bits per heavy atom. The zero-order chi connectivity index (χ0) is 13.2. The molecule has 2 rings (SSSR count). The fourth-order valence-corrected chi connectivity index (χ4v) is 2.34. The third-order valence-corrected chi connectivity index (χ3v) is 3.98. The molecule has 2 atom stereocenters. The highest BCUT2D eigenvalue weighted by Crippen LogP contribution is 2.32. The zero-order valence-corrected chi connectivity index (χ0v) is 11.5. The van der Waals surface area contributed by atoms with Crippen LogP contribution in [0.15, 0.2) is 24.3 Å². The van der Waals surface area contributed by atoms with Gasteiger partial charge in [0.25, 0.3) is 0 Å². The predicted octanol–water partition coefficient (Wildman–Crippen LogP) is 2.44. The van der Waals surface area contributed by atoms with Gasteiger partial charge in [0.05, 0.1) is 18.3 Å². The van der Waals surface area contributed by atoms with E-state index in [1.54, 1.807) is 7.11 Å². The molecule has 0 spiro atoms. The number of benzene rings is 1. The van der Waals surface area contributed by atoms with Crippen molar-refractivity contribution in [3.63, 3.8) is 0 Å². The average Bonchev–Trinajstić information content (AvgIpc) is 2.39. The molecule has 18 heavy (non-hydrogen) atoms. The summed E-state index contributed by atoms with van der Waals surface area (Å²) in [6.07, 6.45) is 1.88. The van der Waals surface area contributed by atoms with Crippen molar-refractivity contribution in [3.8, 4) is 0 Å². The second-order valence-corrected chi connectivity index (χ2v) is 5.46. The third kappa shape index (κ3) is 2.74. The van der Waals surface area contributed by atoms with Crippen molar-refractivity contribution in [1.82, 2.24) is 0 Å². The summed E-state index contributed by atoms with van der Waals surface area (Å²) in [5, 5.41) is 0. The Bertz CT molecular complexity index is 403.